The molecule has 0 aliphatic carbocycles. The van der Waals surface area contributed by atoms with Gasteiger partial charge in [-0.15, -0.1) is 0 Å². The van der Waals surface area contributed by atoms with Gasteiger partial charge in [-0.1, -0.05) is 72.8 Å². The van der Waals surface area contributed by atoms with Crippen molar-refractivity contribution in [3.05, 3.63) is 83.9 Å². The molecule has 0 saturated carbocycles. The largest absolute Gasteiger partial charge is 0.299 e. The van der Waals surface area contributed by atoms with E-state index in [-0.39, 0.29) is 11.8 Å². The van der Waals surface area contributed by atoms with Gasteiger partial charge in [0, 0.05) is 24.5 Å². The minimum atomic E-state index is -0.417. The Kier molecular flexibility index (Phi) is 6.72. The molecule has 132 valence electrons. The number of hydrogen-bond acceptors (Lipinski definition) is 2. The van der Waals surface area contributed by atoms with Crippen LogP contribution in [0.2, 0.25) is 0 Å². The normalized spacial score (nSPS) is 13.3. The van der Waals surface area contributed by atoms with Gasteiger partial charge in [0.25, 0.3) is 0 Å². The molecule has 0 N–H and O–H groups in total. The van der Waals surface area contributed by atoms with E-state index in [1.54, 1.807) is 6.92 Å². The summed E-state index contributed by atoms with van der Waals surface area (Å²) in [5.41, 5.74) is 2.17. The first-order valence-electron chi connectivity index (χ1n) is 8.91. The van der Waals surface area contributed by atoms with E-state index in [4.69, 9.17) is 0 Å². The highest BCUT2D eigenvalue weighted by atomic mass is 16.1. The van der Waals surface area contributed by atoms with Crippen LogP contribution < -0.4 is 0 Å². The van der Waals surface area contributed by atoms with Crippen LogP contribution in [0, 0.1) is 5.41 Å². The fourth-order valence-electron chi connectivity index (χ4n) is 2.60. The maximum atomic E-state index is 11.8. The molecule has 25 heavy (non-hydrogen) atoms. The molecule has 0 aliphatic heterocycles. The van der Waals surface area contributed by atoms with Crippen LogP contribution in [0.5, 0.6) is 0 Å². The fraction of sp³-hybridized carbons (Fsp3) is 0.348. The lowest BCUT2D eigenvalue weighted by Crippen LogP contribution is -2.31. The zero-order valence-corrected chi connectivity index (χ0v) is 15.8. The van der Waals surface area contributed by atoms with Crippen LogP contribution in [0.25, 0.3) is 0 Å². The van der Waals surface area contributed by atoms with Crippen LogP contribution in [0.3, 0.4) is 0 Å². The lowest BCUT2D eigenvalue weighted by Gasteiger charge is -2.28. The first-order valence-corrected chi connectivity index (χ1v) is 8.91. The van der Waals surface area contributed by atoms with E-state index in [0.29, 0.717) is 0 Å². The average molecular weight is 335 g/mol. The Balaban J connectivity index is 2.18. The average Bonchev–Trinajstić information content (AvgIpc) is 2.61. The van der Waals surface area contributed by atoms with Gasteiger partial charge in [-0.25, -0.2) is 0 Å². The van der Waals surface area contributed by atoms with E-state index in [2.05, 4.69) is 66.4 Å². The summed E-state index contributed by atoms with van der Waals surface area (Å²) in [6.45, 7) is 9.54. The maximum absolute atomic E-state index is 11.8. The third-order valence-corrected chi connectivity index (χ3v) is 4.73. The molecule has 0 radical (unpaired) electrons. The quantitative estimate of drug-likeness (QED) is 0.614. The van der Waals surface area contributed by atoms with Crippen molar-refractivity contribution in [3.63, 3.8) is 0 Å². The predicted octanol–water partition coefficient (Wildman–Crippen LogP) is 5.25. The van der Waals surface area contributed by atoms with Crippen LogP contribution in [0.4, 0.5) is 0 Å². The van der Waals surface area contributed by atoms with Crippen molar-refractivity contribution < 1.29 is 4.79 Å². The molecule has 2 heteroatoms. The fourth-order valence-corrected chi connectivity index (χ4v) is 2.60. The first kappa shape index (κ1) is 19.1. The second-order valence-corrected chi connectivity index (χ2v) is 7.25. The topological polar surface area (TPSA) is 20.3 Å². The Morgan fingerprint density at radius 3 is 1.80 bits per heavy atom. The second kappa shape index (κ2) is 8.77. The molecule has 2 rings (SSSR count). The number of carbonyl (C=O) groups excluding carboxylic acids is 1. The van der Waals surface area contributed by atoms with E-state index in [9.17, 15) is 4.79 Å². The summed E-state index contributed by atoms with van der Waals surface area (Å²) in [6.07, 6.45) is 4.20. The van der Waals surface area contributed by atoms with Crippen LogP contribution in [0.1, 0.15) is 38.8 Å². The minimum absolute atomic E-state index is 0.189. The molecule has 2 aromatic rings. The van der Waals surface area contributed by atoms with Crippen LogP contribution in [-0.4, -0.2) is 16.7 Å². The number of Topliss-reactive ketones (excluding diaryl/α,β-unsaturated/α-hetero) is 1. The predicted molar refractivity (Wildman–Crippen MR) is 105 cm³/mol. The van der Waals surface area contributed by atoms with Gasteiger partial charge in [-0.05, 0) is 38.8 Å². The molecule has 0 spiro atoms. The smallest absolute Gasteiger partial charge is 0.139 e. The van der Waals surface area contributed by atoms with E-state index in [1.807, 2.05) is 32.1 Å². The molecule has 0 heterocycles. The van der Waals surface area contributed by atoms with E-state index in [0.717, 1.165) is 13.1 Å². The number of rotatable bonds is 8. The Bertz CT molecular complexity index is 647. The Morgan fingerprint density at radius 1 is 0.960 bits per heavy atom. The molecular formula is C23H29NO. The maximum Gasteiger partial charge on any atom is 0.139 e. The molecule has 0 saturated heterocycles. The van der Waals surface area contributed by atoms with Crippen LogP contribution in [-0.2, 0) is 17.9 Å². The Morgan fingerprint density at radius 2 is 1.40 bits per heavy atom. The van der Waals surface area contributed by atoms with Gasteiger partial charge >= 0.3 is 0 Å². The van der Waals surface area contributed by atoms with Gasteiger partial charge in [0.1, 0.15) is 5.78 Å². The number of hydrogen-bond donors (Lipinski definition) is 0. The van der Waals surface area contributed by atoms with E-state index >= 15 is 0 Å². The summed E-state index contributed by atoms with van der Waals surface area (Å²) in [7, 11) is 0. The molecule has 0 bridgehead atoms. The van der Waals surface area contributed by atoms with Gasteiger partial charge in [0.05, 0.1) is 0 Å². The van der Waals surface area contributed by atoms with Crippen LogP contribution in [0.15, 0.2) is 72.8 Å². The number of allylic oxidation sites excluding steroid dienone is 1. The lowest BCUT2D eigenvalue weighted by atomic mass is 9.88. The monoisotopic (exact) mass is 335 g/mol. The molecular weight excluding hydrogens is 306 g/mol. The SMILES string of the molecule is CC(=O)C(C)(C)/C=C/C(C)N(Cc1ccccc1)Cc1ccccc1. The number of nitrogens with zero attached hydrogens (tertiary/aromatic N) is 1. The number of benzene rings is 2. The zero-order chi connectivity index (χ0) is 18.3. The lowest BCUT2D eigenvalue weighted by molar-refractivity contribution is -0.122. The number of ketones is 1. The van der Waals surface area contributed by atoms with Crippen molar-refractivity contribution in [1.29, 1.82) is 0 Å². The molecule has 1 unspecified atom stereocenters. The van der Waals surface area contributed by atoms with Crippen molar-refractivity contribution >= 4 is 5.78 Å². The van der Waals surface area contributed by atoms with Crippen molar-refractivity contribution in [2.45, 2.75) is 46.8 Å². The van der Waals surface area contributed by atoms with Crippen LogP contribution >= 0.6 is 0 Å². The zero-order valence-electron chi connectivity index (χ0n) is 15.8. The summed E-state index contributed by atoms with van der Waals surface area (Å²) >= 11 is 0. The Labute approximate surface area is 152 Å². The first-order chi connectivity index (χ1) is 11.9. The molecule has 2 nitrogen and oxygen atoms in total. The third-order valence-electron chi connectivity index (χ3n) is 4.73. The Hall–Kier alpha value is -2.19. The van der Waals surface area contributed by atoms with Crippen molar-refractivity contribution in [1.82, 2.24) is 4.90 Å². The molecule has 0 amide bonds. The van der Waals surface area contributed by atoms with E-state index < -0.39 is 5.41 Å². The van der Waals surface area contributed by atoms with Gasteiger partial charge in [0.15, 0.2) is 0 Å². The van der Waals surface area contributed by atoms with Gasteiger partial charge in [0.2, 0.25) is 0 Å². The highest BCUT2D eigenvalue weighted by Gasteiger charge is 2.21. The molecule has 2 aromatic carbocycles. The summed E-state index contributed by atoms with van der Waals surface area (Å²) in [4.78, 5) is 14.2. The van der Waals surface area contributed by atoms with Crippen molar-refractivity contribution in [3.8, 4) is 0 Å². The van der Waals surface area contributed by atoms with E-state index in [1.165, 1.54) is 11.1 Å². The highest BCUT2D eigenvalue weighted by molar-refractivity contribution is 5.83. The third kappa shape index (κ3) is 5.99. The van der Waals surface area contributed by atoms with Gasteiger partial charge in [-0.2, -0.15) is 0 Å². The molecule has 0 fully saturated rings. The van der Waals surface area contributed by atoms with Crippen molar-refractivity contribution in [2.75, 3.05) is 0 Å². The number of carbonyl (C=O) groups is 1. The standard InChI is InChI=1S/C23H29NO/c1-19(15-16-23(3,4)20(2)25)24(17-21-11-7-5-8-12-21)18-22-13-9-6-10-14-22/h5-16,19H,17-18H2,1-4H3/b16-15+. The summed E-state index contributed by atoms with van der Waals surface area (Å²) in [6, 6.07) is 21.3. The molecule has 0 aliphatic rings. The minimum Gasteiger partial charge on any atom is -0.299 e. The van der Waals surface area contributed by atoms with Gasteiger partial charge < -0.3 is 0 Å². The second-order valence-electron chi connectivity index (χ2n) is 7.25. The summed E-state index contributed by atoms with van der Waals surface area (Å²) < 4.78 is 0. The summed E-state index contributed by atoms with van der Waals surface area (Å²) in [5.74, 6) is 0.189. The highest BCUT2D eigenvalue weighted by Crippen LogP contribution is 2.20. The van der Waals surface area contributed by atoms with Gasteiger partial charge in [-0.3, -0.25) is 9.69 Å². The molecule has 0 aromatic heterocycles. The molecule has 1 atom stereocenters. The summed E-state index contributed by atoms with van der Waals surface area (Å²) in [5, 5.41) is 0. The van der Waals surface area contributed by atoms with Crippen molar-refractivity contribution in [2.24, 2.45) is 5.41 Å².